The second-order valence-electron chi connectivity index (χ2n) is 3.61. The molecule has 94 valence electrons. The van der Waals surface area contributed by atoms with Gasteiger partial charge in [-0.15, -0.1) is 0 Å². The Bertz CT molecular complexity index is 221. The van der Waals surface area contributed by atoms with Gasteiger partial charge in [-0.05, 0) is 26.4 Å². The number of urea groups is 1. The number of carbonyl (C=O) groups is 2. The van der Waals surface area contributed by atoms with Gasteiger partial charge < -0.3 is 20.6 Å². The van der Waals surface area contributed by atoms with Crippen molar-refractivity contribution < 1.29 is 14.7 Å². The Morgan fingerprint density at radius 2 is 1.94 bits per heavy atom. The molecule has 0 aromatic heterocycles. The van der Waals surface area contributed by atoms with Crippen LogP contribution in [0.3, 0.4) is 0 Å². The molecule has 0 aliphatic heterocycles. The number of rotatable bonds is 8. The molecule has 6 heteroatoms. The second kappa shape index (κ2) is 8.96. The Morgan fingerprint density at radius 3 is 2.50 bits per heavy atom. The zero-order valence-electron chi connectivity index (χ0n) is 9.95. The Labute approximate surface area is 96.0 Å². The Kier molecular flexibility index (Phi) is 8.24. The Balaban J connectivity index is 3.53. The predicted octanol–water partition coefficient (Wildman–Crippen LogP) is 0.102. The summed E-state index contributed by atoms with van der Waals surface area (Å²) in [6.07, 6.45) is 1.46. The zero-order chi connectivity index (χ0) is 12.4. The van der Waals surface area contributed by atoms with Gasteiger partial charge in [0.25, 0.3) is 0 Å². The maximum Gasteiger partial charge on any atom is 0.317 e. The van der Waals surface area contributed by atoms with Crippen molar-refractivity contribution >= 4 is 12.0 Å². The monoisotopic (exact) mass is 231 g/mol. The molecule has 6 nitrogen and oxygen atoms in total. The van der Waals surface area contributed by atoms with Crippen LogP contribution in [-0.2, 0) is 4.79 Å². The first kappa shape index (κ1) is 14.7. The second-order valence-corrected chi connectivity index (χ2v) is 3.61. The van der Waals surface area contributed by atoms with Crippen molar-refractivity contribution in [2.75, 3.05) is 33.7 Å². The molecule has 0 atom stereocenters. The van der Waals surface area contributed by atoms with Gasteiger partial charge in [-0.1, -0.05) is 0 Å². The molecule has 16 heavy (non-hydrogen) atoms. The van der Waals surface area contributed by atoms with Crippen LogP contribution in [-0.4, -0.2) is 55.7 Å². The first-order chi connectivity index (χ1) is 7.57. The third-order valence-electron chi connectivity index (χ3n) is 2.11. The number of nitrogens with one attached hydrogen (secondary N) is 2. The molecule has 3 N–H and O–H groups in total. The number of carbonyl (C=O) groups excluding carboxylic acids is 1. The van der Waals surface area contributed by atoms with Crippen LogP contribution in [0.1, 0.15) is 19.3 Å². The molecule has 0 saturated carbocycles. The van der Waals surface area contributed by atoms with Gasteiger partial charge in [-0.3, -0.25) is 4.79 Å². The van der Waals surface area contributed by atoms with Gasteiger partial charge in [0.1, 0.15) is 0 Å². The summed E-state index contributed by atoms with van der Waals surface area (Å²) in [5.41, 5.74) is 0. The van der Waals surface area contributed by atoms with Crippen molar-refractivity contribution in [1.29, 1.82) is 0 Å². The molecular formula is C10H21N3O3. The lowest BCUT2D eigenvalue weighted by Crippen LogP contribution is -2.38. The lowest BCUT2D eigenvalue weighted by atomic mass is 10.3. The van der Waals surface area contributed by atoms with E-state index in [9.17, 15) is 9.59 Å². The maximum atomic E-state index is 11.4. The van der Waals surface area contributed by atoms with Gasteiger partial charge in [0.05, 0.1) is 0 Å². The fraction of sp³-hybridized carbons (Fsp3) is 0.800. The molecule has 0 aromatic rings. The van der Waals surface area contributed by atoms with Crippen LogP contribution >= 0.6 is 0 Å². The van der Waals surface area contributed by atoms with Crippen molar-refractivity contribution in [2.45, 2.75) is 19.3 Å². The number of hydrogen-bond donors (Lipinski definition) is 3. The number of carboxylic acids is 1. The maximum absolute atomic E-state index is 11.4. The van der Waals surface area contributed by atoms with Crippen molar-refractivity contribution in [2.24, 2.45) is 0 Å². The summed E-state index contributed by atoms with van der Waals surface area (Å²) in [4.78, 5) is 23.2. The third kappa shape index (κ3) is 8.05. The number of hydrogen-bond acceptors (Lipinski definition) is 3. The van der Waals surface area contributed by atoms with E-state index < -0.39 is 5.97 Å². The first-order valence-corrected chi connectivity index (χ1v) is 5.43. The van der Waals surface area contributed by atoms with Crippen molar-refractivity contribution in [3.63, 3.8) is 0 Å². The SMILES string of the molecule is CNCCCNC(=O)N(C)CCCC(=O)O. The minimum Gasteiger partial charge on any atom is -0.481 e. The number of amides is 2. The van der Waals surface area contributed by atoms with E-state index in [1.807, 2.05) is 7.05 Å². The van der Waals surface area contributed by atoms with Gasteiger partial charge in [0, 0.05) is 26.6 Å². The van der Waals surface area contributed by atoms with E-state index in [0.29, 0.717) is 19.5 Å². The van der Waals surface area contributed by atoms with Crippen molar-refractivity contribution in [3.05, 3.63) is 0 Å². The Morgan fingerprint density at radius 1 is 1.25 bits per heavy atom. The quantitative estimate of drug-likeness (QED) is 0.518. The van der Waals surface area contributed by atoms with Crippen LogP contribution in [0.4, 0.5) is 4.79 Å². The lowest BCUT2D eigenvalue weighted by Gasteiger charge is -2.17. The minimum atomic E-state index is -0.831. The molecule has 0 aliphatic carbocycles. The van der Waals surface area contributed by atoms with E-state index >= 15 is 0 Å². The highest BCUT2D eigenvalue weighted by Crippen LogP contribution is 1.93. The van der Waals surface area contributed by atoms with Gasteiger partial charge >= 0.3 is 12.0 Å². The molecule has 0 fully saturated rings. The summed E-state index contributed by atoms with van der Waals surface area (Å²) in [6, 6.07) is -0.151. The lowest BCUT2D eigenvalue weighted by molar-refractivity contribution is -0.137. The molecule has 0 spiro atoms. The number of aliphatic carboxylic acids is 1. The molecule has 0 heterocycles. The van der Waals surface area contributed by atoms with E-state index in [2.05, 4.69) is 10.6 Å². The molecule has 2 amide bonds. The van der Waals surface area contributed by atoms with Crippen LogP contribution in [0.5, 0.6) is 0 Å². The minimum absolute atomic E-state index is 0.0946. The molecular weight excluding hydrogens is 210 g/mol. The van der Waals surface area contributed by atoms with Crippen LogP contribution in [0.15, 0.2) is 0 Å². The van der Waals surface area contributed by atoms with Crippen LogP contribution in [0.25, 0.3) is 0 Å². The Hall–Kier alpha value is -1.30. The van der Waals surface area contributed by atoms with Gasteiger partial charge in [0.15, 0.2) is 0 Å². The summed E-state index contributed by atoms with van der Waals surface area (Å²) in [7, 11) is 3.52. The molecule has 0 radical (unpaired) electrons. The highest BCUT2D eigenvalue weighted by atomic mass is 16.4. The molecule has 0 aromatic carbocycles. The van der Waals surface area contributed by atoms with Crippen LogP contribution < -0.4 is 10.6 Å². The summed E-state index contributed by atoms with van der Waals surface area (Å²) < 4.78 is 0. The highest BCUT2D eigenvalue weighted by molar-refractivity contribution is 5.73. The average Bonchev–Trinajstić information content (AvgIpc) is 2.23. The van der Waals surface area contributed by atoms with Gasteiger partial charge in [0.2, 0.25) is 0 Å². The van der Waals surface area contributed by atoms with Gasteiger partial charge in [-0.25, -0.2) is 4.79 Å². The van der Waals surface area contributed by atoms with Crippen molar-refractivity contribution in [1.82, 2.24) is 15.5 Å². The smallest absolute Gasteiger partial charge is 0.317 e. The van der Waals surface area contributed by atoms with Crippen LogP contribution in [0, 0.1) is 0 Å². The number of nitrogens with zero attached hydrogens (tertiary/aromatic N) is 1. The van der Waals surface area contributed by atoms with E-state index in [-0.39, 0.29) is 12.5 Å². The summed E-state index contributed by atoms with van der Waals surface area (Å²) in [5, 5.41) is 14.2. The van der Waals surface area contributed by atoms with Gasteiger partial charge in [-0.2, -0.15) is 0 Å². The highest BCUT2D eigenvalue weighted by Gasteiger charge is 2.07. The molecule has 0 unspecified atom stereocenters. The van der Waals surface area contributed by atoms with E-state index in [1.54, 1.807) is 7.05 Å². The topological polar surface area (TPSA) is 81.7 Å². The fourth-order valence-corrected chi connectivity index (χ4v) is 1.16. The summed E-state index contributed by atoms with van der Waals surface area (Å²) in [6.45, 7) is 1.95. The predicted molar refractivity (Wildman–Crippen MR) is 61.4 cm³/mol. The molecule has 0 aliphatic rings. The molecule has 0 rings (SSSR count). The van der Waals surface area contributed by atoms with E-state index in [4.69, 9.17) is 5.11 Å². The van der Waals surface area contributed by atoms with E-state index in [1.165, 1.54) is 4.90 Å². The fourth-order valence-electron chi connectivity index (χ4n) is 1.16. The molecule has 0 saturated heterocycles. The number of carboxylic acid groups (broad SMARTS) is 1. The largest absolute Gasteiger partial charge is 0.481 e. The average molecular weight is 231 g/mol. The third-order valence-corrected chi connectivity index (χ3v) is 2.11. The summed E-state index contributed by atoms with van der Waals surface area (Å²) in [5.74, 6) is -0.831. The zero-order valence-corrected chi connectivity index (χ0v) is 9.95. The normalized spacial score (nSPS) is 9.88. The molecule has 0 bridgehead atoms. The van der Waals surface area contributed by atoms with Crippen LogP contribution in [0.2, 0.25) is 0 Å². The van der Waals surface area contributed by atoms with Crippen molar-refractivity contribution in [3.8, 4) is 0 Å². The standard InChI is InChI=1S/C10H21N3O3/c1-11-6-4-7-12-10(16)13(2)8-3-5-9(14)15/h11H,3-8H2,1-2H3,(H,12,16)(H,14,15). The van der Waals surface area contributed by atoms with E-state index in [0.717, 1.165) is 13.0 Å². The summed E-state index contributed by atoms with van der Waals surface area (Å²) >= 11 is 0. The first-order valence-electron chi connectivity index (χ1n) is 5.43.